The summed E-state index contributed by atoms with van der Waals surface area (Å²) in [7, 11) is 0. The van der Waals surface area contributed by atoms with E-state index < -0.39 is 0 Å². The lowest BCUT2D eigenvalue weighted by molar-refractivity contribution is -0.384. The average molecular weight is 374 g/mol. The molecule has 0 amide bonds. The van der Waals surface area contributed by atoms with Gasteiger partial charge in [0.05, 0.1) is 4.92 Å². The maximum atomic E-state index is 10.7. The van der Waals surface area contributed by atoms with Crippen molar-refractivity contribution in [2.75, 3.05) is 5.32 Å². The molecule has 0 radical (unpaired) electrons. The van der Waals surface area contributed by atoms with E-state index in [-0.39, 0.29) is 10.6 Å². The SMILES string of the molecule is CCC1CCCCC1Nc1ccc([N+](=O)[O-])cc1I. The van der Waals surface area contributed by atoms with Gasteiger partial charge in [0.15, 0.2) is 0 Å². The molecule has 0 aliphatic heterocycles. The molecule has 1 aliphatic rings. The number of non-ortho nitro benzene ring substituents is 1. The summed E-state index contributed by atoms with van der Waals surface area (Å²) >= 11 is 2.17. The summed E-state index contributed by atoms with van der Waals surface area (Å²) in [6, 6.07) is 5.55. The second-order valence-corrected chi connectivity index (χ2v) is 6.29. The highest BCUT2D eigenvalue weighted by atomic mass is 127. The zero-order valence-electron chi connectivity index (χ0n) is 11.1. The van der Waals surface area contributed by atoms with E-state index in [4.69, 9.17) is 0 Å². The summed E-state index contributed by atoms with van der Waals surface area (Å²) in [4.78, 5) is 10.4. The first kappa shape index (κ1) is 14.6. The van der Waals surface area contributed by atoms with Crippen molar-refractivity contribution in [1.82, 2.24) is 0 Å². The molecule has 2 atom stereocenters. The second kappa shape index (κ2) is 6.54. The Kier molecular flexibility index (Phi) is 5.01. The third-order valence-electron chi connectivity index (χ3n) is 3.94. The smallest absolute Gasteiger partial charge is 0.270 e. The fourth-order valence-electron chi connectivity index (χ4n) is 2.82. The largest absolute Gasteiger partial charge is 0.381 e. The number of nitrogens with one attached hydrogen (secondary N) is 1. The molecule has 1 aromatic rings. The van der Waals surface area contributed by atoms with E-state index in [2.05, 4.69) is 34.8 Å². The molecular weight excluding hydrogens is 355 g/mol. The van der Waals surface area contributed by atoms with Gasteiger partial charge in [0, 0.05) is 27.4 Å². The van der Waals surface area contributed by atoms with Gasteiger partial charge in [-0.1, -0.05) is 26.2 Å². The standard InChI is InChI=1S/C14H19IN2O2/c1-2-10-5-3-4-6-13(10)16-14-8-7-11(17(18)19)9-12(14)15/h7-10,13,16H,2-6H2,1H3. The second-order valence-electron chi connectivity index (χ2n) is 5.12. The van der Waals surface area contributed by atoms with Crippen LogP contribution < -0.4 is 5.32 Å². The van der Waals surface area contributed by atoms with Crippen molar-refractivity contribution >= 4 is 34.0 Å². The molecule has 1 aliphatic carbocycles. The molecule has 1 aromatic carbocycles. The summed E-state index contributed by atoms with van der Waals surface area (Å²) in [6.07, 6.45) is 6.29. The van der Waals surface area contributed by atoms with Gasteiger partial charge >= 0.3 is 0 Å². The first-order valence-corrected chi connectivity index (χ1v) is 7.90. The third-order valence-corrected chi connectivity index (χ3v) is 4.83. The molecule has 0 aromatic heterocycles. The first-order chi connectivity index (χ1) is 9.11. The average Bonchev–Trinajstić information content (AvgIpc) is 2.41. The van der Waals surface area contributed by atoms with Gasteiger partial charge in [-0.05, 0) is 47.4 Å². The Morgan fingerprint density at radius 2 is 2.16 bits per heavy atom. The van der Waals surface area contributed by atoms with E-state index >= 15 is 0 Å². The van der Waals surface area contributed by atoms with Gasteiger partial charge in [-0.3, -0.25) is 10.1 Å². The third kappa shape index (κ3) is 3.58. The summed E-state index contributed by atoms with van der Waals surface area (Å²) in [6.45, 7) is 2.24. The lowest BCUT2D eigenvalue weighted by Crippen LogP contribution is -2.32. The van der Waals surface area contributed by atoms with Crippen molar-refractivity contribution in [3.63, 3.8) is 0 Å². The van der Waals surface area contributed by atoms with Crippen LogP contribution in [0.25, 0.3) is 0 Å². The number of nitro groups is 1. The van der Waals surface area contributed by atoms with Gasteiger partial charge in [-0.15, -0.1) is 0 Å². The van der Waals surface area contributed by atoms with Gasteiger partial charge < -0.3 is 5.32 Å². The van der Waals surface area contributed by atoms with Crippen LogP contribution in [0.2, 0.25) is 0 Å². The Bertz CT molecular complexity index is 465. The van der Waals surface area contributed by atoms with Crippen molar-refractivity contribution < 1.29 is 4.92 Å². The molecule has 0 saturated heterocycles. The van der Waals surface area contributed by atoms with Gasteiger partial charge in [-0.25, -0.2) is 0 Å². The highest BCUT2D eigenvalue weighted by molar-refractivity contribution is 14.1. The van der Waals surface area contributed by atoms with E-state index in [1.807, 2.05) is 6.07 Å². The molecule has 1 N–H and O–H groups in total. The molecule has 0 bridgehead atoms. The minimum Gasteiger partial charge on any atom is -0.381 e. The maximum absolute atomic E-state index is 10.7. The van der Waals surface area contributed by atoms with Crippen LogP contribution in [0.3, 0.4) is 0 Å². The molecule has 104 valence electrons. The quantitative estimate of drug-likeness (QED) is 0.477. The van der Waals surface area contributed by atoms with E-state index in [0.29, 0.717) is 6.04 Å². The van der Waals surface area contributed by atoms with Crippen molar-refractivity contribution in [2.24, 2.45) is 5.92 Å². The van der Waals surface area contributed by atoms with Crippen LogP contribution in [-0.2, 0) is 0 Å². The predicted molar refractivity (Wildman–Crippen MR) is 85.5 cm³/mol. The van der Waals surface area contributed by atoms with Crippen LogP contribution in [0.1, 0.15) is 39.0 Å². The topological polar surface area (TPSA) is 55.2 Å². The van der Waals surface area contributed by atoms with Gasteiger partial charge in [0.25, 0.3) is 5.69 Å². The minimum atomic E-state index is -0.346. The number of nitro benzene ring substituents is 1. The first-order valence-electron chi connectivity index (χ1n) is 6.82. The fraction of sp³-hybridized carbons (Fsp3) is 0.571. The highest BCUT2D eigenvalue weighted by Crippen LogP contribution is 2.31. The van der Waals surface area contributed by atoms with E-state index in [9.17, 15) is 10.1 Å². The number of hydrogen-bond donors (Lipinski definition) is 1. The van der Waals surface area contributed by atoms with Crippen LogP contribution in [0, 0.1) is 19.6 Å². The molecule has 2 unspecified atom stereocenters. The van der Waals surface area contributed by atoms with Crippen LogP contribution in [0.15, 0.2) is 18.2 Å². The number of benzene rings is 1. The number of anilines is 1. The maximum Gasteiger partial charge on any atom is 0.270 e. The fourth-order valence-corrected chi connectivity index (χ4v) is 3.48. The lowest BCUT2D eigenvalue weighted by Gasteiger charge is -2.32. The summed E-state index contributed by atoms with van der Waals surface area (Å²) in [5, 5.41) is 14.3. The molecule has 0 heterocycles. The Hall–Kier alpha value is -0.850. The van der Waals surface area contributed by atoms with E-state index in [0.717, 1.165) is 15.2 Å². The van der Waals surface area contributed by atoms with Crippen molar-refractivity contribution in [3.8, 4) is 0 Å². The highest BCUT2D eigenvalue weighted by Gasteiger charge is 2.24. The molecular formula is C14H19IN2O2. The number of rotatable bonds is 4. The summed E-state index contributed by atoms with van der Waals surface area (Å²) < 4.78 is 0.923. The van der Waals surface area contributed by atoms with Crippen molar-refractivity contribution in [3.05, 3.63) is 31.9 Å². The van der Waals surface area contributed by atoms with Crippen LogP contribution in [0.5, 0.6) is 0 Å². The van der Waals surface area contributed by atoms with E-state index in [1.54, 1.807) is 12.1 Å². The van der Waals surface area contributed by atoms with Gasteiger partial charge in [-0.2, -0.15) is 0 Å². The Labute approximate surface area is 127 Å². The number of hydrogen-bond acceptors (Lipinski definition) is 3. The molecule has 4 nitrogen and oxygen atoms in total. The summed E-state index contributed by atoms with van der Waals surface area (Å²) in [5.41, 5.74) is 1.18. The molecule has 5 heteroatoms. The van der Waals surface area contributed by atoms with Gasteiger partial charge in [0.1, 0.15) is 0 Å². The zero-order valence-corrected chi connectivity index (χ0v) is 13.2. The van der Waals surface area contributed by atoms with Gasteiger partial charge in [0.2, 0.25) is 0 Å². The summed E-state index contributed by atoms with van der Waals surface area (Å²) in [5.74, 6) is 0.722. The Morgan fingerprint density at radius 1 is 1.42 bits per heavy atom. The molecule has 2 rings (SSSR count). The van der Waals surface area contributed by atoms with Crippen LogP contribution >= 0.6 is 22.6 Å². The Balaban J connectivity index is 2.11. The lowest BCUT2D eigenvalue weighted by atomic mass is 9.83. The molecule has 0 spiro atoms. The molecule has 1 fully saturated rings. The van der Waals surface area contributed by atoms with Crippen molar-refractivity contribution in [1.29, 1.82) is 0 Å². The van der Waals surface area contributed by atoms with Crippen molar-refractivity contribution in [2.45, 2.75) is 45.1 Å². The normalized spacial score (nSPS) is 23.1. The van der Waals surface area contributed by atoms with E-state index in [1.165, 1.54) is 32.1 Å². The Morgan fingerprint density at radius 3 is 2.79 bits per heavy atom. The molecule has 1 saturated carbocycles. The van der Waals surface area contributed by atoms with Crippen LogP contribution in [-0.4, -0.2) is 11.0 Å². The monoisotopic (exact) mass is 374 g/mol. The predicted octanol–water partition coefficient (Wildman–Crippen LogP) is 4.58. The van der Waals surface area contributed by atoms with Crippen LogP contribution in [0.4, 0.5) is 11.4 Å². The number of halogens is 1. The molecule has 19 heavy (non-hydrogen) atoms. The number of nitrogens with zero attached hydrogens (tertiary/aromatic N) is 1. The minimum absolute atomic E-state index is 0.158. The zero-order chi connectivity index (χ0) is 13.8.